The van der Waals surface area contributed by atoms with Crippen LogP contribution in [0.5, 0.6) is 5.75 Å². The number of benzene rings is 1. The van der Waals surface area contributed by atoms with Gasteiger partial charge in [-0.3, -0.25) is 0 Å². The lowest BCUT2D eigenvalue weighted by molar-refractivity contribution is 0.291. The molecule has 0 saturated carbocycles. The third-order valence-electron chi connectivity index (χ3n) is 3.59. The highest BCUT2D eigenvalue weighted by Gasteiger charge is 2.08. The predicted molar refractivity (Wildman–Crippen MR) is 78.6 cm³/mol. The van der Waals surface area contributed by atoms with Crippen molar-refractivity contribution in [1.29, 1.82) is 0 Å². The van der Waals surface area contributed by atoms with Gasteiger partial charge >= 0.3 is 0 Å². The van der Waals surface area contributed by atoms with Crippen molar-refractivity contribution in [2.45, 2.75) is 32.9 Å². The Morgan fingerprint density at radius 1 is 1.25 bits per heavy atom. The van der Waals surface area contributed by atoms with Gasteiger partial charge in [-0.2, -0.15) is 0 Å². The molecule has 0 aliphatic heterocycles. The zero-order valence-corrected chi connectivity index (χ0v) is 12.6. The van der Waals surface area contributed by atoms with E-state index in [1.807, 2.05) is 37.7 Å². The average molecular weight is 274 g/mol. The summed E-state index contributed by atoms with van der Waals surface area (Å²) in [5.74, 6) is 2.56. The van der Waals surface area contributed by atoms with Gasteiger partial charge < -0.3 is 14.6 Å². The van der Waals surface area contributed by atoms with Crippen LogP contribution in [0, 0.1) is 6.92 Å². The second-order valence-corrected chi connectivity index (χ2v) is 4.83. The minimum absolute atomic E-state index is 0.394. The molecule has 1 aromatic heterocycles. The summed E-state index contributed by atoms with van der Waals surface area (Å²) in [5, 5.41) is 11.4. The first kappa shape index (κ1) is 14.5. The molecule has 1 heterocycles. The number of nitrogens with one attached hydrogen (secondary N) is 1. The Morgan fingerprint density at radius 3 is 2.45 bits per heavy atom. The van der Waals surface area contributed by atoms with Gasteiger partial charge in [-0.05, 0) is 38.1 Å². The largest absolute Gasteiger partial charge is 0.486 e. The van der Waals surface area contributed by atoms with Gasteiger partial charge in [-0.25, -0.2) is 0 Å². The number of rotatable bonds is 6. The summed E-state index contributed by atoms with van der Waals surface area (Å²) in [6.45, 7) is 4.52. The van der Waals surface area contributed by atoms with E-state index in [0.717, 1.165) is 23.8 Å². The van der Waals surface area contributed by atoms with Crippen molar-refractivity contribution >= 4 is 0 Å². The standard InChI is InChI=1S/C15H22N4O/c1-5-14(16-3)12-6-8-13(9-7-12)20-10-15-18-17-11(2)19(15)4/h6-9,14,16H,5,10H2,1-4H3. The van der Waals surface area contributed by atoms with Crippen LogP contribution in [-0.2, 0) is 13.7 Å². The maximum Gasteiger partial charge on any atom is 0.170 e. The summed E-state index contributed by atoms with van der Waals surface area (Å²) in [6, 6.07) is 8.59. The molecule has 0 bridgehead atoms. The van der Waals surface area contributed by atoms with E-state index >= 15 is 0 Å². The Bertz CT molecular complexity index is 544. The van der Waals surface area contributed by atoms with Gasteiger partial charge in [-0.15, -0.1) is 10.2 Å². The van der Waals surface area contributed by atoms with Crippen molar-refractivity contribution in [3.63, 3.8) is 0 Å². The molecule has 5 nitrogen and oxygen atoms in total. The molecule has 1 aromatic carbocycles. The van der Waals surface area contributed by atoms with Crippen molar-refractivity contribution in [3.05, 3.63) is 41.5 Å². The summed E-state index contributed by atoms with van der Waals surface area (Å²) >= 11 is 0. The number of hydrogen-bond donors (Lipinski definition) is 1. The van der Waals surface area contributed by atoms with E-state index in [9.17, 15) is 0 Å². The van der Waals surface area contributed by atoms with Gasteiger partial charge in [0.2, 0.25) is 0 Å². The lowest BCUT2D eigenvalue weighted by atomic mass is 10.1. The van der Waals surface area contributed by atoms with Crippen LogP contribution in [0.2, 0.25) is 0 Å². The van der Waals surface area contributed by atoms with E-state index in [2.05, 4.69) is 34.6 Å². The third kappa shape index (κ3) is 3.17. The number of nitrogens with zero attached hydrogens (tertiary/aromatic N) is 3. The van der Waals surface area contributed by atoms with Crippen LogP contribution in [0.25, 0.3) is 0 Å². The highest BCUT2D eigenvalue weighted by molar-refractivity contribution is 5.29. The van der Waals surface area contributed by atoms with Crippen LogP contribution in [0.15, 0.2) is 24.3 Å². The Kier molecular flexibility index (Phi) is 4.74. The molecule has 108 valence electrons. The topological polar surface area (TPSA) is 52.0 Å². The van der Waals surface area contributed by atoms with Crippen molar-refractivity contribution in [1.82, 2.24) is 20.1 Å². The van der Waals surface area contributed by atoms with Gasteiger partial charge in [0.05, 0.1) is 0 Å². The van der Waals surface area contributed by atoms with E-state index in [0.29, 0.717) is 12.6 Å². The van der Waals surface area contributed by atoms with Crippen LogP contribution in [0.4, 0.5) is 0 Å². The van der Waals surface area contributed by atoms with Crippen molar-refractivity contribution in [3.8, 4) is 5.75 Å². The Morgan fingerprint density at radius 2 is 1.95 bits per heavy atom. The second-order valence-electron chi connectivity index (χ2n) is 4.83. The summed E-state index contributed by atoms with van der Waals surface area (Å²) in [6.07, 6.45) is 1.06. The highest BCUT2D eigenvalue weighted by atomic mass is 16.5. The van der Waals surface area contributed by atoms with Crippen molar-refractivity contribution < 1.29 is 4.74 Å². The fourth-order valence-electron chi connectivity index (χ4n) is 2.13. The van der Waals surface area contributed by atoms with Gasteiger partial charge in [-0.1, -0.05) is 19.1 Å². The highest BCUT2D eigenvalue weighted by Crippen LogP contribution is 2.20. The molecule has 0 radical (unpaired) electrons. The minimum Gasteiger partial charge on any atom is -0.486 e. The van der Waals surface area contributed by atoms with Crippen molar-refractivity contribution in [2.24, 2.45) is 7.05 Å². The fraction of sp³-hybridized carbons (Fsp3) is 0.467. The molecule has 1 atom stereocenters. The molecular weight excluding hydrogens is 252 g/mol. The predicted octanol–water partition coefficient (Wildman–Crippen LogP) is 2.37. The quantitative estimate of drug-likeness (QED) is 0.878. The summed E-state index contributed by atoms with van der Waals surface area (Å²) in [4.78, 5) is 0. The zero-order valence-electron chi connectivity index (χ0n) is 12.6. The average Bonchev–Trinajstić information content (AvgIpc) is 2.79. The lowest BCUT2D eigenvalue weighted by Gasteiger charge is -2.14. The first-order valence-electron chi connectivity index (χ1n) is 6.90. The smallest absolute Gasteiger partial charge is 0.170 e. The second kappa shape index (κ2) is 6.52. The SMILES string of the molecule is CCC(NC)c1ccc(OCc2nnc(C)n2C)cc1. The fourth-order valence-corrected chi connectivity index (χ4v) is 2.13. The molecule has 0 amide bonds. The monoisotopic (exact) mass is 274 g/mol. The molecule has 1 N–H and O–H groups in total. The third-order valence-corrected chi connectivity index (χ3v) is 3.59. The number of aromatic nitrogens is 3. The van der Waals surface area contributed by atoms with E-state index in [4.69, 9.17) is 4.74 Å². The normalized spacial score (nSPS) is 12.4. The first-order valence-corrected chi connectivity index (χ1v) is 6.90. The molecule has 1 unspecified atom stereocenters. The van der Waals surface area contributed by atoms with E-state index < -0.39 is 0 Å². The zero-order chi connectivity index (χ0) is 14.5. The molecule has 20 heavy (non-hydrogen) atoms. The van der Waals surface area contributed by atoms with E-state index in [1.165, 1.54) is 5.56 Å². The van der Waals surface area contributed by atoms with Crippen LogP contribution >= 0.6 is 0 Å². The van der Waals surface area contributed by atoms with Crippen LogP contribution in [0.3, 0.4) is 0 Å². The summed E-state index contributed by atoms with van der Waals surface area (Å²) in [5.41, 5.74) is 1.27. The number of aryl methyl sites for hydroxylation is 1. The number of hydrogen-bond acceptors (Lipinski definition) is 4. The maximum atomic E-state index is 5.74. The van der Waals surface area contributed by atoms with Gasteiger partial charge in [0.15, 0.2) is 5.82 Å². The molecule has 2 aromatic rings. The molecule has 0 saturated heterocycles. The number of ether oxygens (including phenoxy) is 1. The van der Waals surface area contributed by atoms with Crippen LogP contribution < -0.4 is 10.1 Å². The summed E-state index contributed by atoms with van der Waals surface area (Å²) < 4.78 is 7.68. The molecule has 5 heteroatoms. The Balaban J connectivity index is 1.99. The van der Waals surface area contributed by atoms with Crippen LogP contribution in [-0.4, -0.2) is 21.8 Å². The van der Waals surface area contributed by atoms with Gasteiger partial charge in [0.25, 0.3) is 0 Å². The van der Waals surface area contributed by atoms with Gasteiger partial charge in [0, 0.05) is 13.1 Å². The molecule has 0 fully saturated rings. The van der Waals surface area contributed by atoms with Gasteiger partial charge in [0.1, 0.15) is 18.2 Å². The van der Waals surface area contributed by atoms with Crippen LogP contribution in [0.1, 0.15) is 36.6 Å². The molecular formula is C15H22N4O. The van der Waals surface area contributed by atoms with E-state index in [-0.39, 0.29) is 0 Å². The lowest BCUT2D eigenvalue weighted by Crippen LogP contribution is -2.14. The minimum atomic E-state index is 0.394. The van der Waals surface area contributed by atoms with E-state index in [1.54, 1.807) is 0 Å². The molecule has 0 aliphatic rings. The molecule has 2 rings (SSSR count). The molecule has 0 aliphatic carbocycles. The van der Waals surface area contributed by atoms with Crippen molar-refractivity contribution in [2.75, 3.05) is 7.05 Å². The maximum absolute atomic E-state index is 5.74. The Labute approximate surface area is 120 Å². The molecule has 0 spiro atoms. The Hall–Kier alpha value is -1.88. The first-order chi connectivity index (χ1) is 9.65. The summed E-state index contributed by atoms with van der Waals surface area (Å²) in [7, 11) is 3.92.